The summed E-state index contributed by atoms with van der Waals surface area (Å²) in [4.78, 5) is 56.0. The number of thioether (sulfide) groups is 2. The molecule has 0 radical (unpaired) electrons. The van der Waals surface area contributed by atoms with Gasteiger partial charge in [0.1, 0.15) is 29.4 Å². The summed E-state index contributed by atoms with van der Waals surface area (Å²) in [6.07, 6.45) is 1.44. The van der Waals surface area contributed by atoms with Crippen LogP contribution in [-0.2, 0) is 19.2 Å². The number of aromatic amines is 1. The summed E-state index contributed by atoms with van der Waals surface area (Å²) < 4.78 is 0. The van der Waals surface area contributed by atoms with Crippen LogP contribution >= 0.6 is 34.9 Å². The van der Waals surface area contributed by atoms with Gasteiger partial charge in [-0.15, -0.1) is 23.1 Å². The van der Waals surface area contributed by atoms with Crippen LogP contribution in [0.3, 0.4) is 0 Å². The predicted molar refractivity (Wildman–Crippen MR) is 149 cm³/mol. The van der Waals surface area contributed by atoms with Crippen molar-refractivity contribution in [1.29, 1.82) is 0 Å². The molecule has 17 heteroatoms. The molecule has 2 aromatic heterocycles. The number of phenolic OH excluding ortho intramolecular Hbond substituents is 2. The van der Waals surface area contributed by atoms with Crippen molar-refractivity contribution >= 4 is 74.5 Å². The number of aromatic nitrogens is 3. The van der Waals surface area contributed by atoms with Crippen LogP contribution in [0.1, 0.15) is 5.69 Å². The summed E-state index contributed by atoms with van der Waals surface area (Å²) in [5.74, 6) is -2.67. The number of phenols is 2. The third-order valence-electron chi connectivity index (χ3n) is 5.80. The van der Waals surface area contributed by atoms with Crippen LogP contribution in [0.25, 0.3) is 11.0 Å². The third kappa shape index (κ3) is 5.17. The average Bonchev–Trinajstić information content (AvgIpc) is 3.53. The maximum Gasteiger partial charge on any atom is 0.352 e. The Kier molecular flexibility index (Phi) is 7.59. The minimum absolute atomic E-state index is 0.0392. The lowest BCUT2D eigenvalue weighted by Crippen LogP contribution is -2.71. The first-order valence-corrected chi connectivity index (χ1v) is 14.4. The van der Waals surface area contributed by atoms with Crippen molar-refractivity contribution in [2.75, 3.05) is 23.8 Å². The maximum atomic E-state index is 13.1. The zero-order chi connectivity index (χ0) is 28.6. The molecule has 5 rings (SSSR count). The van der Waals surface area contributed by atoms with Crippen LogP contribution in [0, 0.1) is 0 Å². The Balaban J connectivity index is 1.31. The summed E-state index contributed by atoms with van der Waals surface area (Å²) in [6, 6.07) is 1.66. The number of nitrogens with two attached hydrogens (primary N) is 1. The molecule has 3 aromatic rings. The Morgan fingerprint density at radius 2 is 2.12 bits per heavy atom. The second kappa shape index (κ2) is 11.1. The zero-order valence-corrected chi connectivity index (χ0v) is 22.8. The summed E-state index contributed by atoms with van der Waals surface area (Å²) in [6.45, 7) is 3.56. The van der Waals surface area contributed by atoms with Crippen LogP contribution in [0.5, 0.6) is 11.5 Å². The van der Waals surface area contributed by atoms with Gasteiger partial charge >= 0.3 is 5.97 Å². The molecule has 2 aliphatic rings. The number of aromatic hydroxyl groups is 2. The zero-order valence-electron chi connectivity index (χ0n) is 20.4. The van der Waals surface area contributed by atoms with Gasteiger partial charge in [-0.25, -0.2) is 14.8 Å². The van der Waals surface area contributed by atoms with Gasteiger partial charge < -0.3 is 36.2 Å². The normalized spacial score (nSPS) is 18.9. The molecular weight excluding hydrogens is 582 g/mol. The van der Waals surface area contributed by atoms with Crippen LogP contribution in [0.15, 0.2) is 51.8 Å². The number of carbonyl (C=O) groups is 3. The van der Waals surface area contributed by atoms with E-state index in [0.717, 1.165) is 16.2 Å². The van der Waals surface area contributed by atoms with Crippen LogP contribution in [0.2, 0.25) is 0 Å². The number of hydrogen-bond donors (Lipinski definition) is 6. The first-order chi connectivity index (χ1) is 19.2. The molecule has 2 amide bonds. The molecule has 0 spiro atoms. The molecule has 0 bridgehead atoms. The van der Waals surface area contributed by atoms with Gasteiger partial charge in [0.15, 0.2) is 27.5 Å². The number of anilines is 1. The highest BCUT2D eigenvalue weighted by molar-refractivity contribution is 8.01. The van der Waals surface area contributed by atoms with Crippen molar-refractivity contribution < 1.29 is 34.5 Å². The number of carbonyl (C=O) groups excluding carboxylic acids is 2. The average molecular weight is 604 g/mol. The lowest BCUT2D eigenvalue weighted by Gasteiger charge is -2.49. The molecule has 4 heterocycles. The lowest BCUT2D eigenvalue weighted by atomic mass is 10.0. The number of amides is 2. The quantitative estimate of drug-likeness (QED) is 0.0369. The number of imidazole rings is 1. The van der Waals surface area contributed by atoms with Crippen molar-refractivity contribution in [3.05, 3.63) is 47.1 Å². The first kappa shape index (κ1) is 27.4. The number of carboxylic acid groups (broad SMARTS) is 1. The molecule has 2 atom stereocenters. The van der Waals surface area contributed by atoms with Gasteiger partial charge in [0.05, 0.1) is 11.0 Å². The number of thiazole rings is 1. The number of carboxylic acids is 1. The number of hydrogen-bond acceptors (Lipinski definition) is 13. The molecule has 40 heavy (non-hydrogen) atoms. The fourth-order valence-electron chi connectivity index (χ4n) is 3.99. The second-order valence-electron chi connectivity index (χ2n) is 8.40. The van der Waals surface area contributed by atoms with Gasteiger partial charge in [0.25, 0.3) is 11.8 Å². The second-order valence-corrected chi connectivity index (χ2v) is 11.4. The van der Waals surface area contributed by atoms with E-state index in [1.54, 1.807) is 0 Å². The Morgan fingerprint density at radius 1 is 1.35 bits per heavy atom. The maximum absolute atomic E-state index is 13.1. The SMILES string of the molecule is C=CCO/N=C(/C(=O)N[C@@H]1C(=O)N2C(C(=O)O)=C(CSc3nc4cc(O)c(O)cc4[nH]3)CS[C@H]12)c1csc(N)n1. The van der Waals surface area contributed by atoms with E-state index in [4.69, 9.17) is 10.6 Å². The summed E-state index contributed by atoms with van der Waals surface area (Å²) >= 11 is 3.63. The molecule has 0 saturated carbocycles. The van der Waals surface area contributed by atoms with E-state index in [1.807, 2.05) is 0 Å². The Hall–Kier alpha value is -4.22. The Bertz CT molecular complexity index is 1560. The minimum Gasteiger partial charge on any atom is -0.504 e. The molecular formula is C23H21N7O7S3. The van der Waals surface area contributed by atoms with Crippen molar-refractivity contribution in [3.63, 3.8) is 0 Å². The van der Waals surface area contributed by atoms with Crippen LogP contribution in [-0.4, -0.2) is 88.2 Å². The highest BCUT2D eigenvalue weighted by Gasteiger charge is 2.54. The van der Waals surface area contributed by atoms with Crippen molar-refractivity contribution in [2.45, 2.75) is 16.6 Å². The van der Waals surface area contributed by atoms with Crippen molar-refractivity contribution in [1.82, 2.24) is 25.2 Å². The van der Waals surface area contributed by atoms with Gasteiger partial charge in [-0.2, -0.15) is 0 Å². The highest BCUT2D eigenvalue weighted by Crippen LogP contribution is 2.41. The largest absolute Gasteiger partial charge is 0.504 e. The van der Waals surface area contributed by atoms with Gasteiger partial charge in [-0.1, -0.05) is 29.6 Å². The van der Waals surface area contributed by atoms with E-state index in [0.29, 0.717) is 27.5 Å². The first-order valence-electron chi connectivity index (χ1n) is 11.5. The topological polar surface area (TPSA) is 216 Å². The summed E-state index contributed by atoms with van der Waals surface area (Å²) in [5.41, 5.74) is 6.96. The molecule has 1 fully saturated rings. The number of β-lactam (4-membered cyclic amide) rings is 1. The van der Waals surface area contributed by atoms with E-state index in [1.165, 1.54) is 47.1 Å². The van der Waals surface area contributed by atoms with Gasteiger partial charge in [0.2, 0.25) is 0 Å². The minimum atomic E-state index is -1.27. The van der Waals surface area contributed by atoms with E-state index in [-0.39, 0.29) is 46.1 Å². The highest BCUT2D eigenvalue weighted by atomic mass is 32.2. The number of nitrogen functional groups attached to an aromatic ring is 1. The van der Waals surface area contributed by atoms with Gasteiger partial charge in [0, 0.05) is 29.0 Å². The Labute approximate surface area is 238 Å². The van der Waals surface area contributed by atoms with E-state index >= 15 is 0 Å². The third-order valence-corrected chi connectivity index (χ3v) is 8.78. The fourth-order valence-corrected chi connectivity index (χ4v) is 6.91. The molecule has 2 aliphatic heterocycles. The number of aliphatic carboxylic acids is 1. The molecule has 208 valence electrons. The molecule has 7 N–H and O–H groups in total. The number of oxime groups is 1. The molecule has 0 unspecified atom stereocenters. The Morgan fingerprint density at radius 3 is 2.83 bits per heavy atom. The van der Waals surface area contributed by atoms with E-state index < -0.39 is 29.2 Å². The number of nitrogens with one attached hydrogen (secondary N) is 2. The number of rotatable bonds is 10. The monoisotopic (exact) mass is 603 g/mol. The van der Waals surface area contributed by atoms with Crippen molar-refractivity contribution in [3.8, 4) is 11.5 Å². The number of nitrogens with zero attached hydrogens (tertiary/aromatic N) is 4. The standard InChI is InChI=1S/C23H21N7O7S3/c1-2-3-37-29-15(12-8-39-22(24)25-12)18(33)28-16-19(34)30-17(21(35)36)9(6-38-20(16)30)7-40-23-26-10-4-13(31)14(32)5-11(10)27-23/h2,4-5,8,16,20,31-32H,1,3,6-7H2,(H2,24,25)(H,26,27)(H,28,33)(H,35,36)/b29-15+/t16-,20-/m1/s1. The van der Waals surface area contributed by atoms with Gasteiger partial charge in [-0.05, 0) is 5.57 Å². The van der Waals surface area contributed by atoms with Gasteiger partial charge in [-0.3, -0.25) is 14.5 Å². The van der Waals surface area contributed by atoms with Crippen LogP contribution < -0.4 is 11.1 Å². The predicted octanol–water partition coefficient (Wildman–Crippen LogP) is 1.45. The molecule has 1 saturated heterocycles. The smallest absolute Gasteiger partial charge is 0.352 e. The van der Waals surface area contributed by atoms with E-state index in [9.17, 15) is 29.7 Å². The molecule has 14 nitrogen and oxygen atoms in total. The fraction of sp³-hybridized carbons (Fsp3) is 0.217. The number of benzene rings is 1. The van der Waals surface area contributed by atoms with Crippen LogP contribution in [0.4, 0.5) is 5.13 Å². The summed E-state index contributed by atoms with van der Waals surface area (Å²) in [5, 5.41) is 37.3. The summed E-state index contributed by atoms with van der Waals surface area (Å²) in [7, 11) is 0. The molecule has 0 aliphatic carbocycles. The van der Waals surface area contributed by atoms with Crippen molar-refractivity contribution in [2.24, 2.45) is 5.16 Å². The van der Waals surface area contributed by atoms with E-state index in [2.05, 4.69) is 32.0 Å². The molecule has 1 aromatic carbocycles. The number of fused-ring (bicyclic) bond motifs is 2. The lowest BCUT2D eigenvalue weighted by molar-refractivity contribution is -0.150. The number of H-pyrrole nitrogens is 1.